The number of carbonyl (C=O) groups is 1. The Bertz CT molecular complexity index is 537. The number of benzene rings is 1. The minimum absolute atomic E-state index is 0.133. The van der Waals surface area contributed by atoms with Gasteiger partial charge in [-0.2, -0.15) is 0 Å². The number of hydrogen-bond donors (Lipinski definition) is 1. The second-order valence-electron chi connectivity index (χ2n) is 5.93. The summed E-state index contributed by atoms with van der Waals surface area (Å²) in [6.07, 6.45) is 4.75. The van der Waals surface area contributed by atoms with E-state index < -0.39 is 0 Å². The van der Waals surface area contributed by atoms with Gasteiger partial charge in [0, 0.05) is 18.7 Å². The minimum Gasteiger partial charge on any atom is -0.493 e. The van der Waals surface area contributed by atoms with Gasteiger partial charge in [-0.25, -0.2) is 5.01 Å². The van der Waals surface area contributed by atoms with Crippen LogP contribution in [-0.4, -0.2) is 50.4 Å². The Morgan fingerprint density at radius 1 is 1.22 bits per heavy atom. The predicted octanol–water partition coefficient (Wildman–Crippen LogP) is 1.99. The van der Waals surface area contributed by atoms with Crippen LogP contribution in [0.2, 0.25) is 0 Å². The van der Waals surface area contributed by atoms with Crippen LogP contribution in [0.1, 0.15) is 36.0 Å². The number of ether oxygens (including phenoxy) is 3. The lowest BCUT2D eigenvalue weighted by molar-refractivity contribution is 0.0126. The van der Waals surface area contributed by atoms with Crippen LogP contribution >= 0.6 is 0 Å². The lowest BCUT2D eigenvalue weighted by Gasteiger charge is -2.27. The molecular formula is C17H24N2O4. The van der Waals surface area contributed by atoms with E-state index in [1.54, 1.807) is 25.3 Å². The molecule has 23 heavy (non-hydrogen) atoms. The molecule has 0 unspecified atom stereocenters. The van der Waals surface area contributed by atoms with Crippen LogP contribution in [0.5, 0.6) is 11.5 Å². The lowest BCUT2D eigenvalue weighted by atomic mass is 10.2. The third kappa shape index (κ3) is 4.14. The van der Waals surface area contributed by atoms with Crippen molar-refractivity contribution in [2.75, 3.05) is 33.4 Å². The van der Waals surface area contributed by atoms with Gasteiger partial charge in [-0.1, -0.05) is 0 Å². The molecule has 1 aliphatic carbocycles. The summed E-state index contributed by atoms with van der Waals surface area (Å²) >= 11 is 0. The van der Waals surface area contributed by atoms with Crippen LogP contribution in [-0.2, 0) is 4.74 Å². The van der Waals surface area contributed by atoms with E-state index in [4.69, 9.17) is 14.2 Å². The maximum absolute atomic E-state index is 12.4. The zero-order valence-corrected chi connectivity index (χ0v) is 13.5. The van der Waals surface area contributed by atoms with E-state index >= 15 is 0 Å². The molecule has 1 saturated carbocycles. The predicted molar refractivity (Wildman–Crippen MR) is 85.7 cm³/mol. The summed E-state index contributed by atoms with van der Waals surface area (Å²) in [5, 5.41) is 1.88. The van der Waals surface area contributed by atoms with Crippen LogP contribution < -0.4 is 14.9 Å². The average molecular weight is 320 g/mol. The van der Waals surface area contributed by atoms with Crippen LogP contribution in [0.25, 0.3) is 0 Å². The number of nitrogens with one attached hydrogen (secondary N) is 1. The standard InChI is InChI=1S/C17H24N2O4/c1-21-15-7-6-13(12-16(15)23-14-4-2-3-5-14)17(20)18-19-8-10-22-11-9-19/h6-7,12,14H,2-5,8-11H2,1H3,(H,18,20). The molecule has 1 aromatic rings. The molecule has 6 heteroatoms. The summed E-state index contributed by atoms with van der Waals surface area (Å²) in [6.45, 7) is 2.68. The van der Waals surface area contributed by atoms with E-state index in [-0.39, 0.29) is 12.0 Å². The molecule has 0 aromatic heterocycles. The monoisotopic (exact) mass is 320 g/mol. The van der Waals surface area contributed by atoms with Gasteiger partial charge in [0.25, 0.3) is 5.91 Å². The summed E-state index contributed by atoms with van der Waals surface area (Å²) in [7, 11) is 1.62. The number of carbonyl (C=O) groups excluding carboxylic acids is 1. The minimum atomic E-state index is -0.133. The van der Waals surface area contributed by atoms with E-state index in [0.717, 1.165) is 12.8 Å². The van der Waals surface area contributed by atoms with Crippen molar-refractivity contribution < 1.29 is 19.0 Å². The molecule has 1 heterocycles. The van der Waals surface area contributed by atoms with Crippen molar-refractivity contribution in [1.82, 2.24) is 10.4 Å². The van der Waals surface area contributed by atoms with Gasteiger partial charge in [0.05, 0.1) is 26.4 Å². The van der Waals surface area contributed by atoms with Gasteiger partial charge in [-0.05, 0) is 43.9 Å². The number of methoxy groups -OCH3 is 1. The molecule has 0 spiro atoms. The Morgan fingerprint density at radius 3 is 2.65 bits per heavy atom. The molecule has 0 bridgehead atoms. The number of hydrazine groups is 1. The van der Waals surface area contributed by atoms with E-state index in [0.29, 0.717) is 43.4 Å². The molecule has 6 nitrogen and oxygen atoms in total. The van der Waals surface area contributed by atoms with Crippen molar-refractivity contribution in [3.8, 4) is 11.5 Å². The van der Waals surface area contributed by atoms with Gasteiger partial charge < -0.3 is 14.2 Å². The number of rotatable bonds is 5. The van der Waals surface area contributed by atoms with Gasteiger partial charge in [-0.15, -0.1) is 0 Å². The maximum Gasteiger partial charge on any atom is 0.265 e. The Morgan fingerprint density at radius 2 is 1.96 bits per heavy atom. The maximum atomic E-state index is 12.4. The van der Waals surface area contributed by atoms with Gasteiger partial charge in [0.2, 0.25) is 0 Å². The van der Waals surface area contributed by atoms with Gasteiger partial charge >= 0.3 is 0 Å². The second kappa shape index (κ2) is 7.66. The third-order valence-electron chi connectivity index (χ3n) is 4.29. The summed E-state index contributed by atoms with van der Waals surface area (Å²) < 4.78 is 16.7. The molecule has 2 aliphatic rings. The molecule has 1 N–H and O–H groups in total. The number of nitrogens with zero attached hydrogens (tertiary/aromatic N) is 1. The van der Waals surface area contributed by atoms with Gasteiger partial charge in [0.15, 0.2) is 11.5 Å². The zero-order chi connectivity index (χ0) is 16.1. The normalized spacial score (nSPS) is 19.5. The molecular weight excluding hydrogens is 296 g/mol. The van der Waals surface area contributed by atoms with Crippen molar-refractivity contribution in [2.24, 2.45) is 0 Å². The topological polar surface area (TPSA) is 60.0 Å². The van der Waals surface area contributed by atoms with Crippen molar-refractivity contribution in [3.05, 3.63) is 23.8 Å². The lowest BCUT2D eigenvalue weighted by Crippen LogP contribution is -2.48. The molecule has 3 rings (SSSR count). The molecule has 0 atom stereocenters. The highest BCUT2D eigenvalue weighted by Crippen LogP contribution is 2.32. The first-order valence-corrected chi connectivity index (χ1v) is 8.24. The Balaban J connectivity index is 1.69. The Labute approximate surface area is 136 Å². The highest BCUT2D eigenvalue weighted by atomic mass is 16.5. The van der Waals surface area contributed by atoms with Crippen LogP contribution in [0.4, 0.5) is 0 Å². The summed E-state index contributed by atoms with van der Waals surface area (Å²) in [5.41, 5.74) is 3.49. The van der Waals surface area contributed by atoms with Gasteiger partial charge in [-0.3, -0.25) is 10.2 Å². The summed E-state index contributed by atoms with van der Waals surface area (Å²) in [6, 6.07) is 5.32. The molecule has 2 fully saturated rings. The van der Waals surface area contributed by atoms with E-state index in [9.17, 15) is 4.79 Å². The fourth-order valence-corrected chi connectivity index (χ4v) is 2.98. The highest BCUT2D eigenvalue weighted by molar-refractivity contribution is 5.94. The van der Waals surface area contributed by atoms with Crippen LogP contribution in [0, 0.1) is 0 Å². The fraction of sp³-hybridized carbons (Fsp3) is 0.588. The molecule has 1 aliphatic heterocycles. The molecule has 0 radical (unpaired) electrons. The molecule has 126 valence electrons. The van der Waals surface area contributed by atoms with Crippen molar-refractivity contribution in [1.29, 1.82) is 0 Å². The molecule has 1 aromatic carbocycles. The SMILES string of the molecule is COc1ccc(C(=O)NN2CCOCC2)cc1OC1CCCC1. The number of hydrogen-bond acceptors (Lipinski definition) is 5. The Kier molecular flexibility index (Phi) is 5.35. The van der Waals surface area contributed by atoms with Crippen molar-refractivity contribution in [2.45, 2.75) is 31.8 Å². The van der Waals surface area contributed by atoms with E-state index in [1.165, 1.54) is 12.8 Å². The first kappa shape index (κ1) is 16.1. The largest absolute Gasteiger partial charge is 0.493 e. The highest BCUT2D eigenvalue weighted by Gasteiger charge is 2.20. The fourth-order valence-electron chi connectivity index (χ4n) is 2.98. The third-order valence-corrected chi connectivity index (χ3v) is 4.29. The summed E-state index contributed by atoms with van der Waals surface area (Å²) in [4.78, 5) is 12.4. The summed E-state index contributed by atoms with van der Waals surface area (Å²) in [5.74, 6) is 1.18. The van der Waals surface area contributed by atoms with Gasteiger partial charge in [0.1, 0.15) is 0 Å². The first-order chi connectivity index (χ1) is 11.3. The molecule has 1 saturated heterocycles. The van der Waals surface area contributed by atoms with Crippen LogP contribution in [0.15, 0.2) is 18.2 Å². The quantitative estimate of drug-likeness (QED) is 0.899. The Hall–Kier alpha value is -1.79. The molecule has 1 amide bonds. The zero-order valence-electron chi connectivity index (χ0n) is 13.5. The first-order valence-electron chi connectivity index (χ1n) is 8.24. The van der Waals surface area contributed by atoms with Crippen molar-refractivity contribution >= 4 is 5.91 Å². The van der Waals surface area contributed by atoms with E-state index in [2.05, 4.69) is 5.43 Å². The van der Waals surface area contributed by atoms with Crippen LogP contribution in [0.3, 0.4) is 0 Å². The van der Waals surface area contributed by atoms with E-state index in [1.807, 2.05) is 5.01 Å². The number of amides is 1. The smallest absolute Gasteiger partial charge is 0.265 e. The average Bonchev–Trinajstić information content (AvgIpc) is 3.09. The number of morpholine rings is 1. The second-order valence-corrected chi connectivity index (χ2v) is 5.93. The van der Waals surface area contributed by atoms with Crippen molar-refractivity contribution in [3.63, 3.8) is 0 Å².